The van der Waals surface area contributed by atoms with Crippen molar-refractivity contribution >= 4 is 5.96 Å². The highest BCUT2D eigenvalue weighted by molar-refractivity contribution is 5.79. The Morgan fingerprint density at radius 3 is 2.71 bits per heavy atom. The van der Waals surface area contributed by atoms with Gasteiger partial charge in [-0.05, 0) is 38.5 Å². The average molecular weight is 335 g/mol. The summed E-state index contributed by atoms with van der Waals surface area (Å²) in [5, 5.41) is 7.10. The predicted octanol–water partition coefficient (Wildman–Crippen LogP) is 2.30. The third-order valence-corrected chi connectivity index (χ3v) is 5.73. The lowest BCUT2D eigenvalue weighted by molar-refractivity contribution is 0.150. The van der Waals surface area contributed by atoms with E-state index in [4.69, 9.17) is 4.74 Å². The molecule has 0 atom stereocenters. The molecule has 3 rings (SSSR count). The zero-order chi connectivity index (χ0) is 16.6. The number of piperidine rings is 1. The van der Waals surface area contributed by atoms with Crippen molar-refractivity contribution in [3.05, 3.63) is 11.6 Å². The first-order chi connectivity index (χ1) is 11.8. The predicted molar refractivity (Wildman–Crippen MR) is 99.5 cm³/mol. The van der Waals surface area contributed by atoms with E-state index in [0.29, 0.717) is 6.04 Å². The maximum absolute atomic E-state index is 5.36. The summed E-state index contributed by atoms with van der Waals surface area (Å²) in [6.07, 6.45) is 12.6. The van der Waals surface area contributed by atoms with Crippen molar-refractivity contribution in [2.45, 2.75) is 63.5 Å². The highest BCUT2D eigenvalue weighted by atomic mass is 16.5. The minimum atomic E-state index is 0.566. The molecule has 0 aromatic rings. The summed E-state index contributed by atoms with van der Waals surface area (Å²) >= 11 is 0. The summed E-state index contributed by atoms with van der Waals surface area (Å²) in [7, 11) is 1.87. The van der Waals surface area contributed by atoms with Crippen LogP contribution < -0.4 is 10.6 Å². The third-order valence-electron chi connectivity index (χ3n) is 5.73. The van der Waals surface area contributed by atoms with Gasteiger partial charge in [0.25, 0.3) is 0 Å². The zero-order valence-electron chi connectivity index (χ0n) is 15.2. The van der Waals surface area contributed by atoms with E-state index < -0.39 is 0 Å². The highest BCUT2D eigenvalue weighted by Crippen LogP contribution is 2.26. The first kappa shape index (κ1) is 17.7. The third kappa shape index (κ3) is 5.21. The number of nitrogens with zero attached hydrogens (tertiary/aromatic N) is 2. The second-order valence-corrected chi connectivity index (χ2v) is 7.33. The Kier molecular flexibility index (Phi) is 6.97. The van der Waals surface area contributed by atoms with Gasteiger partial charge in [0, 0.05) is 38.8 Å². The quantitative estimate of drug-likeness (QED) is 0.460. The van der Waals surface area contributed by atoms with Gasteiger partial charge in [-0.2, -0.15) is 0 Å². The number of hydrogen-bond acceptors (Lipinski definition) is 3. The molecule has 2 N–H and O–H groups in total. The Hall–Kier alpha value is -1.07. The molecule has 1 saturated heterocycles. The number of nitrogens with one attached hydrogen (secondary N) is 2. The largest absolute Gasteiger partial charge is 0.377 e. The van der Waals surface area contributed by atoms with Gasteiger partial charge in [0.05, 0.1) is 13.2 Å². The first-order valence-electron chi connectivity index (χ1n) is 9.82. The van der Waals surface area contributed by atoms with Crippen molar-refractivity contribution in [3.8, 4) is 0 Å². The van der Waals surface area contributed by atoms with Crippen LogP contribution in [0.1, 0.15) is 51.4 Å². The minimum absolute atomic E-state index is 0.566. The molecule has 0 aromatic heterocycles. The fourth-order valence-electron chi connectivity index (χ4n) is 4.20. The normalized spacial score (nSPS) is 24.9. The van der Waals surface area contributed by atoms with E-state index in [9.17, 15) is 0 Å². The molecule has 0 bridgehead atoms. The van der Waals surface area contributed by atoms with Crippen molar-refractivity contribution < 1.29 is 4.74 Å². The molecule has 0 radical (unpaired) electrons. The topological polar surface area (TPSA) is 48.9 Å². The standard InChI is InChI=1S/C19H34N4O/c1-20-19(21-11-6-16-9-14-24-15-10-16)22-17-7-12-23(13-8-17)18-4-2-3-5-18/h9,17-18H,2-8,10-15H2,1H3,(H2,20,21,22). The van der Waals surface area contributed by atoms with Gasteiger partial charge in [-0.15, -0.1) is 0 Å². The van der Waals surface area contributed by atoms with Crippen LogP contribution in [0.4, 0.5) is 0 Å². The molecular weight excluding hydrogens is 300 g/mol. The summed E-state index contributed by atoms with van der Waals surface area (Å²) < 4.78 is 5.36. The van der Waals surface area contributed by atoms with E-state index >= 15 is 0 Å². The molecule has 2 heterocycles. The molecule has 3 aliphatic rings. The number of rotatable bonds is 5. The fraction of sp³-hybridized carbons (Fsp3) is 0.842. The molecule has 5 nitrogen and oxygen atoms in total. The van der Waals surface area contributed by atoms with E-state index in [1.54, 1.807) is 0 Å². The van der Waals surface area contributed by atoms with Crippen molar-refractivity contribution in [2.24, 2.45) is 4.99 Å². The van der Waals surface area contributed by atoms with Gasteiger partial charge in [0.2, 0.25) is 0 Å². The number of guanidine groups is 1. The SMILES string of the molecule is CN=C(NCCC1=CCOCC1)NC1CCN(C2CCCC2)CC1. The van der Waals surface area contributed by atoms with E-state index in [-0.39, 0.29) is 0 Å². The van der Waals surface area contributed by atoms with Crippen LogP contribution in [0.5, 0.6) is 0 Å². The first-order valence-corrected chi connectivity index (χ1v) is 9.82. The van der Waals surface area contributed by atoms with E-state index in [0.717, 1.165) is 44.6 Å². The Bertz CT molecular complexity index is 435. The summed E-state index contributed by atoms with van der Waals surface area (Å²) in [6, 6.07) is 1.44. The maximum atomic E-state index is 5.36. The number of aliphatic imine (C=N–C) groups is 1. The maximum Gasteiger partial charge on any atom is 0.191 e. The van der Waals surface area contributed by atoms with Gasteiger partial charge < -0.3 is 20.3 Å². The number of hydrogen-bond donors (Lipinski definition) is 2. The lowest BCUT2D eigenvalue weighted by Gasteiger charge is -2.36. The molecule has 1 saturated carbocycles. The molecule has 1 aliphatic carbocycles. The molecule has 0 amide bonds. The monoisotopic (exact) mass is 334 g/mol. The van der Waals surface area contributed by atoms with Crippen LogP contribution in [0, 0.1) is 0 Å². The Labute approximate surface area is 146 Å². The number of ether oxygens (including phenoxy) is 1. The molecule has 0 unspecified atom stereocenters. The van der Waals surface area contributed by atoms with Gasteiger partial charge in [-0.25, -0.2) is 0 Å². The molecule has 2 fully saturated rings. The van der Waals surface area contributed by atoms with Crippen LogP contribution in [0.25, 0.3) is 0 Å². The van der Waals surface area contributed by atoms with Crippen molar-refractivity contribution in [1.29, 1.82) is 0 Å². The minimum Gasteiger partial charge on any atom is -0.377 e. The number of likely N-dealkylation sites (tertiary alicyclic amines) is 1. The van der Waals surface area contributed by atoms with Crippen LogP contribution in [0.3, 0.4) is 0 Å². The molecule has 136 valence electrons. The van der Waals surface area contributed by atoms with Gasteiger partial charge in [-0.3, -0.25) is 4.99 Å². The highest BCUT2D eigenvalue weighted by Gasteiger charge is 2.27. The lowest BCUT2D eigenvalue weighted by Crippen LogP contribution is -2.50. The molecule has 0 spiro atoms. The lowest BCUT2D eigenvalue weighted by atomic mass is 10.0. The summed E-state index contributed by atoms with van der Waals surface area (Å²) in [4.78, 5) is 7.12. The molecular formula is C19H34N4O. The average Bonchev–Trinajstić information content (AvgIpc) is 3.17. The smallest absolute Gasteiger partial charge is 0.191 e. The van der Waals surface area contributed by atoms with Crippen LogP contribution in [-0.2, 0) is 4.74 Å². The summed E-state index contributed by atoms with van der Waals surface area (Å²) in [6.45, 7) is 5.09. The molecule has 0 aromatic carbocycles. The second-order valence-electron chi connectivity index (χ2n) is 7.33. The van der Waals surface area contributed by atoms with Crippen LogP contribution in [0.15, 0.2) is 16.6 Å². The van der Waals surface area contributed by atoms with Gasteiger partial charge in [0.15, 0.2) is 5.96 Å². The van der Waals surface area contributed by atoms with Crippen LogP contribution >= 0.6 is 0 Å². The van der Waals surface area contributed by atoms with Crippen LogP contribution in [-0.4, -0.2) is 62.8 Å². The van der Waals surface area contributed by atoms with Gasteiger partial charge in [-0.1, -0.05) is 24.5 Å². The van der Waals surface area contributed by atoms with E-state index in [1.807, 2.05) is 7.05 Å². The second kappa shape index (κ2) is 9.42. The van der Waals surface area contributed by atoms with Crippen molar-refractivity contribution in [1.82, 2.24) is 15.5 Å². The summed E-state index contributed by atoms with van der Waals surface area (Å²) in [5.41, 5.74) is 1.51. The Balaban J connectivity index is 1.34. The zero-order valence-corrected chi connectivity index (χ0v) is 15.2. The Morgan fingerprint density at radius 1 is 1.25 bits per heavy atom. The Morgan fingerprint density at radius 2 is 2.04 bits per heavy atom. The van der Waals surface area contributed by atoms with Gasteiger partial charge in [0.1, 0.15) is 0 Å². The molecule has 5 heteroatoms. The van der Waals surface area contributed by atoms with E-state index in [2.05, 4.69) is 26.6 Å². The van der Waals surface area contributed by atoms with E-state index in [1.165, 1.54) is 57.2 Å². The van der Waals surface area contributed by atoms with Gasteiger partial charge >= 0.3 is 0 Å². The van der Waals surface area contributed by atoms with Crippen molar-refractivity contribution in [2.75, 3.05) is 39.9 Å². The van der Waals surface area contributed by atoms with Crippen LogP contribution in [0.2, 0.25) is 0 Å². The molecule has 2 aliphatic heterocycles. The fourth-order valence-corrected chi connectivity index (χ4v) is 4.20. The summed E-state index contributed by atoms with van der Waals surface area (Å²) in [5.74, 6) is 0.960. The van der Waals surface area contributed by atoms with Crippen molar-refractivity contribution in [3.63, 3.8) is 0 Å². The molecule has 24 heavy (non-hydrogen) atoms.